The number of aromatic nitrogens is 3. The Morgan fingerprint density at radius 1 is 0.460 bits per heavy atom. The molecular formula is C44H29BN4Se. The summed E-state index contributed by atoms with van der Waals surface area (Å²) in [6.07, 6.45) is 4.51. The molecule has 0 unspecified atom stereocenters. The van der Waals surface area contributed by atoms with Gasteiger partial charge in [0.05, 0.1) is 0 Å². The monoisotopic (exact) mass is 704 g/mol. The van der Waals surface area contributed by atoms with E-state index in [9.17, 15) is 0 Å². The predicted molar refractivity (Wildman–Crippen MR) is 210 cm³/mol. The van der Waals surface area contributed by atoms with E-state index >= 15 is 0 Å². The average Bonchev–Trinajstić information content (AvgIpc) is 3.93. The first-order valence-electron chi connectivity index (χ1n) is 17.0. The number of hydrogen-bond acceptors (Lipinski definition) is 1. The van der Waals surface area contributed by atoms with Gasteiger partial charge in [-0.05, 0) is 0 Å². The van der Waals surface area contributed by atoms with E-state index in [0.717, 1.165) is 11.5 Å². The summed E-state index contributed by atoms with van der Waals surface area (Å²) in [6.45, 7) is 0.0555. The van der Waals surface area contributed by atoms with Crippen LogP contribution in [0.4, 0.5) is 17.2 Å². The van der Waals surface area contributed by atoms with Crippen LogP contribution in [0.1, 0.15) is 0 Å². The Kier molecular flexibility index (Phi) is 6.03. The second-order valence-corrected chi connectivity index (χ2v) is 15.3. The molecule has 0 saturated heterocycles. The quantitative estimate of drug-likeness (QED) is 0.169. The van der Waals surface area contributed by atoms with E-state index in [1.807, 2.05) is 0 Å². The molecule has 2 aliphatic heterocycles. The molecule has 11 rings (SSSR count). The minimum absolute atomic E-state index is 0.0555. The van der Waals surface area contributed by atoms with Crippen molar-refractivity contribution in [3.05, 3.63) is 176 Å². The summed E-state index contributed by atoms with van der Waals surface area (Å²) in [5.41, 5.74) is 12.2. The van der Waals surface area contributed by atoms with Crippen LogP contribution in [0.3, 0.4) is 0 Å². The van der Waals surface area contributed by atoms with Gasteiger partial charge in [0.15, 0.2) is 0 Å². The normalized spacial score (nSPS) is 13.0. The van der Waals surface area contributed by atoms with E-state index in [1.165, 1.54) is 70.0 Å². The van der Waals surface area contributed by atoms with Gasteiger partial charge >= 0.3 is 298 Å². The molecule has 0 bridgehead atoms. The topological polar surface area (TPSA) is 18.0 Å². The first-order chi connectivity index (χ1) is 24.8. The molecule has 5 heterocycles. The van der Waals surface area contributed by atoms with Gasteiger partial charge in [0.2, 0.25) is 0 Å². The zero-order valence-corrected chi connectivity index (χ0v) is 28.7. The van der Waals surface area contributed by atoms with E-state index in [1.54, 1.807) is 0 Å². The van der Waals surface area contributed by atoms with Crippen molar-refractivity contribution in [2.75, 3.05) is 4.90 Å². The fourth-order valence-corrected chi connectivity index (χ4v) is 10.5. The van der Waals surface area contributed by atoms with Gasteiger partial charge in [-0.3, -0.25) is 0 Å². The number of fused-ring (bicyclic) bond motifs is 7. The molecule has 3 aromatic heterocycles. The Labute approximate surface area is 296 Å². The summed E-state index contributed by atoms with van der Waals surface area (Å²) < 4.78 is 10.2. The zero-order valence-electron chi connectivity index (χ0n) is 27.0. The van der Waals surface area contributed by atoms with Crippen molar-refractivity contribution in [2.24, 2.45) is 0 Å². The Bertz CT molecular complexity index is 2650. The SMILES string of the molecule is c1ccc(-c2cc(-c3ccccc3)cc(N3c4cc(-n5c6ccccc6c6ccccc65)cc5c4B(n4cccc4[Se]5)n4cccc43)c2)cc1. The predicted octanol–water partition coefficient (Wildman–Crippen LogP) is 8.26. The van der Waals surface area contributed by atoms with Gasteiger partial charge in [0, 0.05) is 0 Å². The molecule has 50 heavy (non-hydrogen) atoms. The van der Waals surface area contributed by atoms with Gasteiger partial charge in [0.1, 0.15) is 0 Å². The van der Waals surface area contributed by atoms with Gasteiger partial charge in [-0.2, -0.15) is 0 Å². The van der Waals surface area contributed by atoms with E-state index in [-0.39, 0.29) is 21.9 Å². The van der Waals surface area contributed by atoms with Crippen molar-refractivity contribution in [2.45, 2.75) is 0 Å². The second-order valence-electron chi connectivity index (χ2n) is 13.1. The molecule has 2 aliphatic rings. The zero-order chi connectivity index (χ0) is 32.8. The molecule has 6 heteroatoms. The minimum atomic E-state index is 0.0555. The Morgan fingerprint density at radius 2 is 1.06 bits per heavy atom. The molecule has 0 radical (unpaired) electrons. The van der Waals surface area contributed by atoms with Crippen molar-refractivity contribution in [3.63, 3.8) is 0 Å². The molecule has 0 aliphatic carbocycles. The number of hydrogen-bond donors (Lipinski definition) is 0. The summed E-state index contributed by atoms with van der Waals surface area (Å²) in [6, 6.07) is 60.2. The Hall–Kier alpha value is -5.94. The number of nitrogens with zero attached hydrogens (tertiary/aromatic N) is 4. The Balaban J connectivity index is 1.22. The van der Waals surface area contributed by atoms with Crippen molar-refractivity contribution >= 4 is 75.5 Å². The molecule has 4 nitrogen and oxygen atoms in total. The molecule has 9 aromatic rings. The van der Waals surface area contributed by atoms with Crippen LogP contribution in [-0.2, 0) is 0 Å². The molecule has 0 amide bonds. The van der Waals surface area contributed by atoms with Gasteiger partial charge in [-0.1, -0.05) is 0 Å². The second kappa shape index (κ2) is 10.8. The Morgan fingerprint density at radius 3 is 1.74 bits per heavy atom. The fourth-order valence-electron chi connectivity index (χ4n) is 8.16. The van der Waals surface area contributed by atoms with Gasteiger partial charge in [0.25, 0.3) is 0 Å². The summed E-state index contributed by atoms with van der Waals surface area (Å²) in [4.78, 5) is 2.51. The first kappa shape index (κ1) is 28.0. The van der Waals surface area contributed by atoms with Crippen molar-refractivity contribution in [3.8, 4) is 27.9 Å². The van der Waals surface area contributed by atoms with E-state index in [2.05, 4.69) is 195 Å². The van der Waals surface area contributed by atoms with Crippen molar-refractivity contribution in [1.82, 2.24) is 13.5 Å². The van der Waals surface area contributed by atoms with Gasteiger partial charge in [-0.15, -0.1) is 0 Å². The van der Waals surface area contributed by atoms with E-state index in [0.29, 0.717) is 0 Å². The molecule has 0 saturated carbocycles. The maximum atomic E-state index is 2.51. The number of rotatable bonds is 4. The van der Waals surface area contributed by atoms with Crippen LogP contribution in [0.5, 0.6) is 0 Å². The average molecular weight is 704 g/mol. The van der Waals surface area contributed by atoms with Crippen LogP contribution >= 0.6 is 0 Å². The van der Waals surface area contributed by atoms with Gasteiger partial charge < -0.3 is 0 Å². The van der Waals surface area contributed by atoms with Crippen LogP contribution in [-0.4, -0.2) is 35.5 Å². The fraction of sp³-hybridized carbons (Fsp3) is 0. The maximum absolute atomic E-state index is 2.51. The third-order valence-corrected chi connectivity index (χ3v) is 12.6. The molecule has 234 valence electrons. The van der Waals surface area contributed by atoms with Crippen molar-refractivity contribution in [1.29, 1.82) is 0 Å². The van der Waals surface area contributed by atoms with Gasteiger partial charge in [-0.25, -0.2) is 0 Å². The number of para-hydroxylation sites is 2. The molecular weight excluding hydrogens is 674 g/mol. The van der Waals surface area contributed by atoms with Crippen LogP contribution in [0.15, 0.2) is 176 Å². The standard InChI is InChI=1S/C44H29BN4Se/c1-3-13-30(14-4-1)32-25-33(31-15-5-2-6-16-31)27-34(26-32)49-40-28-35(48-38-19-9-7-17-36(38)37-18-8-10-20-39(37)48)29-41-44(40)45(46-23-11-21-42(46)49)47-24-12-22-43(47)50-41/h1-29H. The summed E-state index contributed by atoms with van der Waals surface area (Å²) in [5.74, 6) is 1.16. The van der Waals surface area contributed by atoms with Crippen LogP contribution in [0.25, 0.3) is 49.7 Å². The summed E-state index contributed by atoms with van der Waals surface area (Å²) >= 11 is 0.135. The first-order valence-corrected chi connectivity index (χ1v) is 18.8. The molecule has 0 N–H and O–H groups in total. The number of anilines is 3. The van der Waals surface area contributed by atoms with E-state index < -0.39 is 0 Å². The molecule has 0 fully saturated rings. The molecule has 0 spiro atoms. The molecule has 6 aromatic carbocycles. The number of benzene rings is 6. The van der Waals surface area contributed by atoms with Crippen LogP contribution < -0.4 is 19.4 Å². The van der Waals surface area contributed by atoms with Crippen molar-refractivity contribution < 1.29 is 0 Å². The van der Waals surface area contributed by atoms with Crippen LogP contribution in [0, 0.1) is 0 Å². The van der Waals surface area contributed by atoms with E-state index in [4.69, 9.17) is 0 Å². The molecule has 0 atom stereocenters. The third kappa shape index (κ3) is 4.07. The van der Waals surface area contributed by atoms with Crippen LogP contribution in [0.2, 0.25) is 0 Å². The third-order valence-electron chi connectivity index (χ3n) is 10.3. The summed E-state index contributed by atoms with van der Waals surface area (Å²) in [7, 11) is 0. The summed E-state index contributed by atoms with van der Waals surface area (Å²) in [5, 5.41) is 2.56.